The van der Waals surface area contributed by atoms with Gasteiger partial charge in [0, 0.05) is 6.61 Å². The second-order valence-corrected chi connectivity index (χ2v) is 3.10. The van der Waals surface area contributed by atoms with Crippen molar-refractivity contribution in [2.45, 2.75) is 31.8 Å². The summed E-state index contributed by atoms with van der Waals surface area (Å²) in [7, 11) is 0. The molecule has 1 rings (SSSR count). The minimum Gasteiger partial charge on any atom is -0.463 e. The maximum Gasteiger partial charge on any atom is 0.335 e. The van der Waals surface area contributed by atoms with Crippen LogP contribution in [0.4, 0.5) is 0 Å². The highest BCUT2D eigenvalue weighted by molar-refractivity contribution is 5.74. The summed E-state index contributed by atoms with van der Waals surface area (Å²) in [5.74, 6) is -0.221. The van der Waals surface area contributed by atoms with Gasteiger partial charge in [-0.1, -0.05) is 6.08 Å². The molecule has 0 spiro atoms. The minimum absolute atomic E-state index is 0.221. The Morgan fingerprint density at radius 2 is 2.46 bits per heavy atom. The highest BCUT2D eigenvalue weighted by atomic mass is 16.6. The van der Waals surface area contributed by atoms with Gasteiger partial charge in [0.15, 0.2) is 6.10 Å². The molecule has 0 unspecified atom stereocenters. The standard InChI is InChI=1S/C10H16O3/c1-2-3-7-13-10(11)9-6-4-5-8-12-9/h2,9H,1,3-8H2/t9-/m1/s1. The van der Waals surface area contributed by atoms with Crippen LogP contribution in [0.5, 0.6) is 0 Å². The Bertz CT molecular complexity index is 171. The van der Waals surface area contributed by atoms with E-state index in [1.807, 2.05) is 0 Å². The highest BCUT2D eigenvalue weighted by Gasteiger charge is 2.22. The van der Waals surface area contributed by atoms with E-state index in [0.29, 0.717) is 19.6 Å². The predicted molar refractivity (Wildman–Crippen MR) is 49.4 cm³/mol. The lowest BCUT2D eigenvalue weighted by Gasteiger charge is -2.20. The van der Waals surface area contributed by atoms with Gasteiger partial charge in [-0.15, -0.1) is 6.58 Å². The Hall–Kier alpha value is -0.830. The topological polar surface area (TPSA) is 35.5 Å². The van der Waals surface area contributed by atoms with Gasteiger partial charge in [-0.05, 0) is 25.7 Å². The van der Waals surface area contributed by atoms with E-state index in [2.05, 4.69) is 6.58 Å². The third kappa shape index (κ3) is 3.59. The Labute approximate surface area is 78.7 Å². The molecule has 0 aromatic heterocycles. The monoisotopic (exact) mass is 184 g/mol. The molecule has 1 fully saturated rings. The van der Waals surface area contributed by atoms with Crippen LogP contribution in [0, 0.1) is 0 Å². The third-order valence-electron chi connectivity index (χ3n) is 2.01. The molecule has 0 aromatic carbocycles. The molecule has 1 atom stereocenters. The average molecular weight is 184 g/mol. The zero-order valence-electron chi connectivity index (χ0n) is 7.83. The number of hydrogen-bond donors (Lipinski definition) is 0. The zero-order valence-corrected chi connectivity index (χ0v) is 7.83. The summed E-state index contributed by atoms with van der Waals surface area (Å²) in [5.41, 5.74) is 0. The summed E-state index contributed by atoms with van der Waals surface area (Å²) in [6.07, 6.45) is 5.02. The number of carbonyl (C=O) groups is 1. The molecule has 3 nitrogen and oxygen atoms in total. The molecule has 0 aromatic rings. The Kier molecular flexibility index (Phi) is 4.54. The maximum absolute atomic E-state index is 11.3. The lowest BCUT2D eigenvalue weighted by molar-refractivity contribution is -0.159. The van der Waals surface area contributed by atoms with Crippen LogP contribution >= 0.6 is 0 Å². The van der Waals surface area contributed by atoms with Crippen molar-refractivity contribution in [3.8, 4) is 0 Å². The van der Waals surface area contributed by atoms with Gasteiger partial charge in [0.1, 0.15) is 0 Å². The smallest absolute Gasteiger partial charge is 0.335 e. The summed E-state index contributed by atoms with van der Waals surface area (Å²) in [5, 5.41) is 0. The summed E-state index contributed by atoms with van der Waals surface area (Å²) in [6.45, 7) is 4.65. The summed E-state index contributed by atoms with van der Waals surface area (Å²) >= 11 is 0. The number of ether oxygens (including phenoxy) is 2. The first-order valence-corrected chi connectivity index (χ1v) is 4.73. The Morgan fingerprint density at radius 3 is 3.08 bits per heavy atom. The fourth-order valence-corrected chi connectivity index (χ4v) is 1.26. The molecular formula is C10H16O3. The van der Waals surface area contributed by atoms with E-state index in [0.717, 1.165) is 19.3 Å². The summed E-state index contributed by atoms with van der Waals surface area (Å²) < 4.78 is 10.3. The van der Waals surface area contributed by atoms with E-state index in [-0.39, 0.29) is 12.1 Å². The number of hydrogen-bond acceptors (Lipinski definition) is 3. The van der Waals surface area contributed by atoms with Gasteiger partial charge in [0.25, 0.3) is 0 Å². The van der Waals surface area contributed by atoms with E-state index >= 15 is 0 Å². The van der Waals surface area contributed by atoms with E-state index in [1.54, 1.807) is 6.08 Å². The van der Waals surface area contributed by atoms with Crippen LogP contribution in [0.15, 0.2) is 12.7 Å². The largest absolute Gasteiger partial charge is 0.463 e. The van der Waals surface area contributed by atoms with Crippen LogP contribution < -0.4 is 0 Å². The van der Waals surface area contributed by atoms with E-state index in [9.17, 15) is 4.79 Å². The quantitative estimate of drug-likeness (QED) is 0.379. The van der Waals surface area contributed by atoms with Crippen molar-refractivity contribution in [1.82, 2.24) is 0 Å². The van der Waals surface area contributed by atoms with Gasteiger partial charge in [-0.3, -0.25) is 0 Å². The summed E-state index contributed by atoms with van der Waals surface area (Å²) in [4.78, 5) is 11.3. The van der Waals surface area contributed by atoms with Crippen molar-refractivity contribution in [2.24, 2.45) is 0 Å². The van der Waals surface area contributed by atoms with Gasteiger partial charge in [-0.25, -0.2) is 4.79 Å². The molecule has 13 heavy (non-hydrogen) atoms. The number of carbonyl (C=O) groups excluding carboxylic acids is 1. The van der Waals surface area contributed by atoms with Crippen LogP contribution in [0.1, 0.15) is 25.7 Å². The van der Waals surface area contributed by atoms with Gasteiger partial charge in [-0.2, -0.15) is 0 Å². The van der Waals surface area contributed by atoms with Crippen molar-refractivity contribution in [1.29, 1.82) is 0 Å². The first-order chi connectivity index (χ1) is 6.34. The molecule has 0 amide bonds. The van der Waals surface area contributed by atoms with Crippen molar-refractivity contribution in [2.75, 3.05) is 13.2 Å². The molecule has 3 heteroatoms. The second-order valence-electron chi connectivity index (χ2n) is 3.10. The normalized spacial score (nSPS) is 22.3. The van der Waals surface area contributed by atoms with Crippen molar-refractivity contribution < 1.29 is 14.3 Å². The van der Waals surface area contributed by atoms with Gasteiger partial charge < -0.3 is 9.47 Å². The van der Waals surface area contributed by atoms with E-state index in [1.165, 1.54) is 0 Å². The summed E-state index contributed by atoms with van der Waals surface area (Å²) in [6, 6.07) is 0. The van der Waals surface area contributed by atoms with Gasteiger partial charge in [0.05, 0.1) is 6.61 Å². The first kappa shape index (κ1) is 10.3. The Balaban J connectivity index is 2.17. The molecule has 1 aliphatic rings. The lowest BCUT2D eigenvalue weighted by Crippen LogP contribution is -2.30. The molecule has 0 bridgehead atoms. The zero-order chi connectivity index (χ0) is 9.52. The fourth-order valence-electron chi connectivity index (χ4n) is 1.26. The minimum atomic E-state index is -0.321. The molecule has 1 saturated heterocycles. The molecular weight excluding hydrogens is 168 g/mol. The number of rotatable bonds is 4. The number of esters is 1. The van der Waals surface area contributed by atoms with E-state index in [4.69, 9.17) is 9.47 Å². The van der Waals surface area contributed by atoms with Crippen molar-refractivity contribution >= 4 is 5.97 Å². The SMILES string of the molecule is C=CCCOC(=O)[C@H]1CCCCO1. The van der Waals surface area contributed by atoms with E-state index < -0.39 is 0 Å². The first-order valence-electron chi connectivity index (χ1n) is 4.73. The van der Waals surface area contributed by atoms with Crippen LogP contribution in [0.2, 0.25) is 0 Å². The average Bonchev–Trinajstić information content (AvgIpc) is 2.19. The van der Waals surface area contributed by atoms with Crippen LogP contribution in [-0.4, -0.2) is 25.3 Å². The molecule has 0 radical (unpaired) electrons. The predicted octanol–water partition coefficient (Wildman–Crippen LogP) is 1.67. The van der Waals surface area contributed by atoms with Crippen LogP contribution in [0.3, 0.4) is 0 Å². The highest BCUT2D eigenvalue weighted by Crippen LogP contribution is 2.13. The Morgan fingerprint density at radius 1 is 1.62 bits per heavy atom. The molecule has 0 saturated carbocycles. The molecule has 0 N–H and O–H groups in total. The third-order valence-corrected chi connectivity index (χ3v) is 2.01. The second kappa shape index (κ2) is 5.75. The van der Waals surface area contributed by atoms with Crippen LogP contribution in [-0.2, 0) is 14.3 Å². The van der Waals surface area contributed by atoms with Crippen LogP contribution in [0.25, 0.3) is 0 Å². The molecule has 74 valence electrons. The molecule has 0 aliphatic carbocycles. The van der Waals surface area contributed by atoms with Gasteiger partial charge in [0.2, 0.25) is 0 Å². The molecule has 1 aliphatic heterocycles. The molecule has 1 heterocycles. The van der Waals surface area contributed by atoms with Crippen molar-refractivity contribution in [3.63, 3.8) is 0 Å². The lowest BCUT2D eigenvalue weighted by atomic mass is 10.1. The fraction of sp³-hybridized carbons (Fsp3) is 0.700. The van der Waals surface area contributed by atoms with Gasteiger partial charge >= 0.3 is 5.97 Å². The maximum atomic E-state index is 11.3. The van der Waals surface area contributed by atoms with Crippen molar-refractivity contribution in [3.05, 3.63) is 12.7 Å².